The Kier molecular flexibility index (Phi) is 4.85. The zero-order valence-corrected chi connectivity index (χ0v) is 9.54. The van der Waals surface area contributed by atoms with E-state index in [1.54, 1.807) is 0 Å². The van der Waals surface area contributed by atoms with Crippen LogP contribution >= 0.6 is 11.6 Å². The van der Waals surface area contributed by atoms with Crippen molar-refractivity contribution in [2.45, 2.75) is 12.8 Å². The average Bonchev–Trinajstić information content (AvgIpc) is 2.70. The fourth-order valence-corrected chi connectivity index (χ4v) is 1.29. The third-order valence-corrected chi connectivity index (χ3v) is 2.23. The van der Waals surface area contributed by atoms with Gasteiger partial charge in [0.1, 0.15) is 0 Å². The van der Waals surface area contributed by atoms with E-state index in [1.807, 2.05) is 0 Å². The second-order valence-corrected chi connectivity index (χ2v) is 3.39. The van der Waals surface area contributed by atoms with Crippen LogP contribution in [0.2, 0.25) is 5.22 Å². The molecular weight excluding hydrogens is 234 g/mol. The van der Waals surface area contributed by atoms with Crippen LogP contribution in [0.25, 0.3) is 0 Å². The Morgan fingerprint density at radius 1 is 1.56 bits per heavy atom. The van der Waals surface area contributed by atoms with Crippen LogP contribution < -0.4 is 5.32 Å². The number of hydrogen-bond acceptors (Lipinski definition) is 4. The van der Waals surface area contributed by atoms with Crippen molar-refractivity contribution in [2.24, 2.45) is 0 Å². The molecule has 0 fully saturated rings. The summed E-state index contributed by atoms with van der Waals surface area (Å²) in [6.45, 7) is 0.384. The van der Waals surface area contributed by atoms with Gasteiger partial charge >= 0.3 is 5.97 Å². The molecule has 0 spiro atoms. The fraction of sp³-hybridized carbons (Fsp3) is 0.400. The summed E-state index contributed by atoms with van der Waals surface area (Å²) >= 11 is 5.62. The van der Waals surface area contributed by atoms with Gasteiger partial charge in [-0.3, -0.25) is 9.59 Å². The highest BCUT2D eigenvalue weighted by molar-refractivity contribution is 6.32. The van der Waals surface area contributed by atoms with Crippen molar-refractivity contribution in [1.82, 2.24) is 5.32 Å². The van der Waals surface area contributed by atoms with Crippen LogP contribution in [0.4, 0.5) is 0 Å². The van der Waals surface area contributed by atoms with Gasteiger partial charge in [0.25, 0.3) is 5.91 Å². The smallest absolute Gasteiger partial charge is 0.305 e. The molecule has 0 saturated heterocycles. The lowest BCUT2D eigenvalue weighted by atomic mass is 10.3. The average molecular weight is 246 g/mol. The van der Waals surface area contributed by atoms with E-state index in [2.05, 4.69) is 10.1 Å². The zero-order chi connectivity index (χ0) is 12.0. The molecule has 0 atom stereocenters. The molecule has 0 aromatic carbocycles. The van der Waals surface area contributed by atoms with Gasteiger partial charge in [-0.15, -0.1) is 0 Å². The summed E-state index contributed by atoms with van der Waals surface area (Å²) in [7, 11) is 1.33. The number of amides is 1. The van der Waals surface area contributed by atoms with Crippen LogP contribution in [0.3, 0.4) is 0 Å². The van der Waals surface area contributed by atoms with E-state index < -0.39 is 0 Å². The van der Waals surface area contributed by atoms with Gasteiger partial charge in [-0.05, 0) is 24.1 Å². The normalized spacial score (nSPS) is 9.88. The van der Waals surface area contributed by atoms with E-state index in [1.165, 1.54) is 19.4 Å². The Bertz CT molecular complexity index is 375. The van der Waals surface area contributed by atoms with Crippen LogP contribution in [-0.4, -0.2) is 25.5 Å². The molecule has 1 aromatic heterocycles. The van der Waals surface area contributed by atoms with E-state index in [-0.39, 0.29) is 23.5 Å². The molecule has 6 heteroatoms. The predicted octanol–water partition coefficient (Wildman–Crippen LogP) is 1.62. The highest BCUT2D eigenvalue weighted by Crippen LogP contribution is 2.15. The number of carbonyl (C=O) groups excluding carboxylic acids is 2. The second kappa shape index (κ2) is 6.17. The standard InChI is InChI=1S/C10H12ClNO4/c1-15-8(13)3-2-5-12-10(14)7-4-6-16-9(7)11/h4,6H,2-3,5H2,1H3,(H,12,14). The summed E-state index contributed by atoms with van der Waals surface area (Å²) in [6, 6.07) is 1.48. The highest BCUT2D eigenvalue weighted by Gasteiger charge is 2.12. The summed E-state index contributed by atoms with van der Waals surface area (Å²) in [5, 5.41) is 2.67. The molecule has 0 aliphatic carbocycles. The molecule has 16 heavy (non-hydrogen) atoms. The number of nitrogens with one attached hydrogen (secondary N) is 1. The minimum absolute atomic E-state index is 0.0606. The molecule has 0 bridgehead atoms. The molecule has 1 amide bonds. The maximum Gasteiger partial charge on any atom is 0.305 e. The molecular formula is C10H12ClNO4. The summed E-state index contributed by atoms with van der Waals surface area (Å²) < 4.78 is 9.24. The van der Waals surface area contributed by atoms with E-state index in [4.69, 9.17) is 16.0 Å². The Hall–Kier alpha value is -1.49. The molecule has 88 valence electrons. The predicted molar refractivity (Wildman–Crippen MR) is 57.3 cm³/mol. The molecule has 0 aliphatic heterocycles. The zero-order valence-electron chi connectivity index (χ0n) is 8.79. The van der Waals surface area contributed by atoms with Crippen molar-refractivity contribution < 1.29 is 18.7 Å². The van der Waals surface area contributed by atoms with E-state index in [0.29, 0.717) is 18.5 Å². The molecule has 0 saturated carbocycles. The van der Waals surface area contributed by atoms with Crippen LogP contribution in [0, 0.1) is 0 Å². The summed E-state index contributed by atoms with van der Waals surface area (Å²) in [4.78, 5) is 22.2. The van der Waals surface area contributed by atoms with Gasteiger partial charge in [-0.25, -0.2) is 0 Å². The Balaban J connectivity index is 2.26. The molecule has 1 heterocycles. The van der Waals surface area contributed by atoms with Gasteiger partial charge in [-0.2, -0.15) is 0 Å². The van der Waals surface area contributed by atoms with Gasteiger partial charge in [0.2, 0.25) is 5.22 Å². The lowest BCUT2D eigenvalue weighted by Gasteiger charge is -2.02. The van der Waals surface area contributed by atoms with Gasteiger partial charge in [0, 0.05) is 13.0 Å². The van der Waals surface area contributed by atoms with E-state index in [0.717, 1.165) is 0 Å². The minimum Gasteiger partial charge on any atom is -0.469 e. The molecule has 5 nitrogen and oxygen atoms in total. The van der Waals surface area contributed by atoms with Gasteiger partial charge in [0.15, 0.2) is 0 Å². The molecule has 1 aromatic rings. The van der Waals surface area contributed by atoms with E-state index in [9.17, 15) is 9.59 Å². The van der Waals surface area contributed by atoms with Gasteiger partial charge < -0.3 is 14.5 Å². The number of hydrogen-bond donors (Lipinski definition) is 1. The molecule has 1 N–H and O–H groups in total. The summed E-state index contributed by atoms with van der Waals surface area (Å²) in [6.07, 6.45) is 2.13. The Morgan fingerprint density at radius 2 is 2.31 bits per heavy atom. The topological polar surface area (TPSA) is 68.5 Å². The second-order valence-electron chi connectivity index (χ2n) is 3.04. The number of carbonyl (C=O) groups is 2. The molecule has 0 aliphatic rings. The third-order valence-electron chi connectivity index (χ3n) is 1.93. The van der Waals surface area contributed by atoms with E-state index >= 15 is 0 Å². The molecule has 1 rings (SSSR count). The lowest BCUT2D eigenvalue weighted by Crippen LogP contribution is -2.24. The van der Waals surface area contributed by atoms with Crippen LogP contribution in [0.1, 0.15) is 23.2 Å². The quantitative estimate of drug-likeness (QED) is 0.632. The number of methoxy groups -OCH3 is 1. The minimum atomic E-state index is -0.316. The van der Waals surface area contributed by atoms with Crippen LogP contribution in [-0.2, 0) is 9.53 Å². The third kappa shape index (κ3) is 3.58. The van der Waals surface area contributed by atoms with Gasteiger partial charge in [-0.1, -0.05) is 0 Å². The molecule has 0 unspecified atom stereocenters. The largest absolute Gasteiger partial charge is 0.469 e. The highest BCUT2D eigenvalue weighted by atomic mass is 35.5. The molecule has 0 radical (unpaired) electrons. The van der Waals surface area contributed by atoms with Crippen molar-refractivity contribution in [1.29, 1.82) is 0 Å². The number of esters is 1. The maximum absolute atomic E-state index is 11.5. The first-order valence-electron chi connectivity index (χ1n) is 4.73. The first-order chi connectivity index (χ1) is 7.65. The van der Waals surface area contributed by atoms with Crippen molar-refractivity contribution >= 4 is 23.5 Å². The first-order valence-corrected chi connectivity index (χ1v) is 5.11. The maximum atomic E-state index is 11.5. The van der Waals surface area contributed by atoms with Gasteiger partial charge in [0.05, 0.1) is 18.9 Å². The summed E-state index contributed by atoms with van der Waals surface area (Å²) in [5.41, 5.74) is 0.291. The van der Waals surface area contributed by atoms with Crippen LogP contribution in [0.15, 0.2) is 16.7 Å². The van der Waals surface area contributed by atoms with Crippen molar-refractivity contribution in [3.63, 3.8) is 0 Å². The fourth-order valence-electron chi connectivity index (χ4n) is 1.09. The number of rotatable bonds is 5. The lowest BCUT2D eigenvalue weighted by molar-refractivity contribution is -0.140. The Labute approximate surface area is 97.7 Å². The number of halogens is 1. The van der Waals surface area contributed by atoms with Crippen LogP contribution in [0.5, 0.6) is 0 Å². The van der Waals surface area contributed by atoms with Crippen molar-refractivity contribution in [2.75, 3.05) is 13.7 Å². The SMILES string of the molecule is COC(=O)CCCNC(=O)c1ccoc1Cl. The monoisotopic (exact) mass is 245 g/mol. The van der Waals surface area contributed by atoms with Crippen molar-refractivity contribution in [3.05, 3.63) is 23.1 Å². The first kappa shape index (κ1) is 12.6. The number of furan rings is 1. The van der Waals surface area contributed by atoms with Crippen molar-refractivity contribution in [3.8, 4) is 0 Å². The Morgan fingerprint density at radius 3 is 2.88 bits per heavy atom. The number of ether oxygens (including phenoxy) is 1. The summed E-state index contributed by atoms with van der Waals surface area (Å²) in [5.74, 6) is -0.612.